The number of carbonyl (C=O) groups excluding carboxylic acids is 1. The van der Waals surface area contributed by atoms with E-state index >= 15 is 0 Å². The van der Waals surface area contributed by atoms with Crippen LogP contribution in [0.5, 0.6) is 0 Å². The number of carbonyl (C=O) groups is 1. The van der Waals surface area contributed by atoms with Crippen LogP contribution < -0.4 is 0 Å². The maximum atomic E-state index is 13.3. The van der Waals surface area contributed by atoms with Gasteiger partial charge in [0.15, 0.2) is 0 Å². The summed E-state index contributed by atoms with van der Waals surface area (Å²) in [5.41, 5.74) is 1.59. The third kappa shape index (κ3) is 2.62. The van der Waals surface area contributed by atoms with Gasteiger partial charge in [0.2, 0.25) is 5.91 Å². The second-order valence-corrected chi connectivity index (χ2v) is 5.89. The standard InChI is InChI=1S/C17H16FN5O/c18-13-4-1-3-12(9-13)10-16(24)22-8-2-5-14(22)15-6-7-19-17-20-11-21-23(15)17/h1,3-4,6-7,9,11,14H,2,5,8,10H2/t14-/m0/s1. The average molecular weight is 325 g/mol. The molecule has 0 saturated carbocycles. The maximum Gasteiger partial charge on any atom is 0.252 e. The van der Waals surface area contributed by atoms with Crippen LogP contribution in [0, 0.1) is 5.82 Å². The van der Waals surface area contributed by atoms with Crippen molar-refractivity contribution >= 4 is 11.7 Å². The molecule has 3 heterocycles. The van der Waals surface area contributed by atoms with Crippen molar-refractivity contribution in [2.45, 2.75) is 25.3 Å². The Morgan fingerprint density at radius 2 is 2.21 bits per heavy atom. The molecule has 0 unspecified atom stereocenters. The normalized spacial score (nSPS) is 17.5. The van der Waals surface area contributed by atoms with Crippen LogP contribution in [0.25, 0.3) is 5.78 Å². The second kappa shape index (κ2) is 5.99. The van der Waals surface area contributed by atoms with Crippen molar-refractivity contribution in [2.75, 3.05) is 6.54 Å². The van der Waals surface area contributed by atoms with E-state index in [1.807, 2.05) is 11.0 Å². The van der Waals surface area contributed by atoms with E-state index in [2.05, 4.69) is 15.1 Å². The highest BCUT2D eigenvalue weighted by Gasteiger charge is 2.31. The Kier molecular flexibility index (Phi) is 3.68. The third-order valence-electron chi connectivity index (χ3n) is 4.37. The average Bonchev–Trinajstić information content (AvgIpc) is 3.23. The summed E-state index contributed by atoms with van der Waals surface area (Å²) >= 11 is 0. The van der Waals surface area contributed by atoms with Gasteiger partial charge in [0.25, 0.3) is 5.78 Å². The minimum Gasteiger partial charge on any atom is -0.334 e. The molecule has 1 aliphatic rings. The molecule has 4 rings (SSSR count). The Hall–Kier alpha value is -2.83. The minimum atomic E-state index is -0.322. The summed E-state index contributed by atoms with van der Waals surface area (Å²) in [5, 5.41) is 4.21. The largest absolute Gasteiger partial charge is 0.334 e. The van der Waals surface area contributed by atoms with E-state index in [9.17, 15) is 9.18 Å². The first-order valence-electron chi connectivity index (χ1n) is 7.91. The lowest BCUT2D eigenvalue weighted by atomic mass is 10.1. The molecule has 122 valence electrons. The molecule has 6 nitrogen and oxygen atoms in total. The molecule has 0 bridgehead atoms. The smallest absolute Gasteiger partial charge is 0.252 e. The molecule has 1 aromatic carbocycles. The van der Waals surface area contributed by atoms with Gasteiger partial charge in [0.1, 0.15) is 12.1 Å². The lowest BCUT2D eigenvalue weighted by molar-refractivity contribution is -0.131. The Labute approximate surface area is 138 Å². The van der Waals surface area contributed by atoms with Gasteiger partial charge in [-0.1, -0.05) is 12.1 Å². The van der Waals surface area contributed by atoms with Gasteiger partial charge in [-0.15, -0.1) is 0 Å². The first kappa shape index (κ1) is 14.7. The van der Waals surface area contributed by atoms with Gasteiger partial charge in [0.05, 0.1) is 18.2 Å². The molecule has 1 fully saturated rings. The highest BCUT2D eigenvalue weighted by atomic mass is 19.1. The molecule has 1 amide bonds. The van der Waals surface area contributed by atoms with Crippen molar-refractivity contribution < 1.29 is 9.18 Å². The zero-order valence-electron chi connectivity index (χ0n) is 13.0. The van der Waals surface area contributed by atoms with Crippen LogP contribution in [0.1, 0.15) is 30.1 Å². The van der Waals surface area contributed by atoms with Gasteiger partial charge in [0, 0.05) is 12.7 Å². The number of likely N-dealkylation sites (tertiary alicyclic amines) is 1. The van der Waals surface area contributed by atoms with Crippen LogP contribution in [-0.4, -0.2) is 36.9 Å². The first-order valence-corrected chi connectivity index (χ1v) is 7.91. The second-order valence-electron chi connectivity index (χ2n) is 5.89. The van der Waals surface area contributed by atoms with E-state index in [1.165, 1.54) is 18.5 Å². The zero-order chi connectivity index (χ0) is 16.5. The summed E-state index contributed by atoms with van der Waals surface area (Å²) < 4.78 is 15.0. The summed E-state index contributed by atoms with van der Waals surface area (Å²) in [4.78, 5) is 22.8. The van der Waals surface area contributed by atoms with Crippen molar-refractivity contribution in [3.05, 3.63) is 59.9 Å². The summed E-state index contributed by atoms with van der Waals surface area (Å²) in [5.74, 6) is 0.196. The van der Waals surface area contributed by atoms with E-state index in [-0.39, 0.29) is 24.2 Å². The van der Waals surface area contributed by atoms with Gasteiger partial charge in [-0.25, -0.2) is 9.37 Å². The lowest BCUT2D eigenvalue weighted by Crippen LogP contribution is -2.32. The van der Waals surface area contributed by atoms with E-state index < -0.39 is 0 Å². The molecule has 0 radical (unpaired) electrons. The van der Waals surface area contributed by atoms with Crippen molar-refractivity contribution in [1.82, 2.24) is 24.5 Å². The Bertz CT molecular complexity index is 893. The first-order chi connectivity index (χ1) is 11.7. The zero-order valence-corrected chi connectivity index (χ0v) is 13.0. The Morgan fingerprint density at radius 3 is 3.08 bits per heavy atom. The molecule has 2 aromatic heterocycles. The number of fused-ring (bicyclic) bond motifs is 1. The number of aromatic nitrogens is 4. The molecule has 24 heavy (non-hydrogen) atoms. The summed E-state index contributed by atoms with van der Waals surface area (Å²) in [6, 6.07) is 8.00. The Morgan fingerprint density at radius 1 is 1.29 bits per heavy atom. The fourth-order valence-electron chi connectivity index (χ4n) is 3.30. The fourth-order valence-corrected chi connectivity index (χ4v) is 3.30. The number of halogens is 1. The van der Waals surface area contributed by atoms with Crippen molar-refractivity contribution in [3.63, 3.8) is 0 Å². The fraction of sp³-hybridized carbons (Fsp3) is 0.294. The molecule has 0 spiro atoms. The highest BCUT2D eigenvalue weighted by molar-refractivity contribution is 5.79. The Balaban J connectivity index is 1.60. The third-order valence-corrected chi connectivity index (χ3v) is 4.37. The number of hydrogen-bond acceptors (Lipinski definition) is 4. The molecule has 3 aromatic rings. The van der Waals surface area contributed by atoms with Gasteiger partial charge < -0.3 is 4.90 Å². The van der Waals surface area contributed by atoms with E-state index in [0.29, 0.717) is 17.9 Å². The summed E-state index contributed by atoms with van der Waals surface area (Å²) in [7, 11) is 0. The van der Waals surface area contributed by atoms with Crippen molar-refractivity contribution in [2.24, 2.45) is 0 Å². The van der Waals surface area contributed by atoms with Crippen LogP contribution in [0.2, 0.25) is 0 Å². The van der Waals surface area contributed by atoms with Gasteiger partial charge in [-0.05, 0) is 36.6 Å². The highest BCUT2D eigenvalue weighted by Crippen LogP contribution is 2.32. The summed E-state index contributed by atoms with van der Waals surface area (Å²) in [6.45, 7) is 0.692. The number of hydrogen-bond donors (Lipinski definition) is 0. The number of benzene rings is 1. The van der Waals surface area contributed by atoms with Crippen molar-refractivity contribution in [1.29, 1.82) is 0 Å². The van der Waals surface area contributed by atoms with Crippen LogP contribution >= 0.6 is 0 Å². The van der Waals surface area contributed by atoms with Crippen LogP contribution in [0.15, 0.2) is 42.9 Å². The van der Waals surface area contributed by atoms with E-state index in [4.69, 9.17) is 0 Å². The molecule has 1 atom stereocenters. The summed E-state index contributed by atoms with van der Waals surface area (Å²) in [6.07, 6.45) is 5.14. The molecule has 1 saturated heterocycles. The number of rotatable bonds is 3. The molecular formula is C17H16FN5O. The molecule has 1 aliphatic heterocycles. The lowest BCUT2D eigenvalue weighted by Gasteiger charge is -2.25. The quantitative estimate of drug-likeness (QED) is 0.740. The van der Waals surface area contributed by atoms with E-state index in [0.717, 1.165) is 18.5 Å². The van der Waals surface area contributed by atoms with Crippen molar-refractivity contribution in [3.8, 4) is 0 Å². The van der Waals surface area contributed by atoms with Crippen LogP contribution in [-0.2, 0) is 11.2 Å². The predicted molar refractivity (Wildman–Crippen MR) is 84.6 cm³/mol. The monoisotopic (exact) mass is 325 g/mol. The SMILES string of the molecule is O=C(Cc1cccc(F)c1)N1CCC[C@H]1c1ccnc2ncnn12. The van der Waals surface area contributed by atoms with Gasteiger partial charge >= 0.3 is 0 Å². The molecule has 7 heteroatoms. The molecule has 0 N–H and O–H groups in total. The number of amides is 1. The predicted octanol–water partition coefficient (Wildman–Crippen LogP) is 2.17. The topological polar surface area (TPSA) is 63.4 Å². The maximum absolute atomic E-state index is 13.3. The molecular weight excluding hydrogens is 309 g/mol. The number of nitrogens with zero attached hydrogens (tertiary/aromatic N) is 5. The van der Waals surface area contributed by atoms with Gasteiger partial charge in [-0.2, -0.15) is 14.6 Å². The van der Waals surface area contributed by atoms with Crippen LogP contribution in [0.3, 0.4) is 0 Å². The van der Waals surface area contributed by atoms with E-state index in [1.54, 1.807) is 22.8 Å². The molecule has 0 aliphatic carbocycles. The van der Waals surface area contributed by atoms with Crippen LogP contribution in [0.4, 0.5) is 4.39 Å². The van der Waals surface area contributed by atoms with Gasteiger partial charge in [-0.3, -0.25) is 4.79 Å². The minimum absolute atomic E-state index is 0.00632.